The summed E-state index contributed by atoms with van der Waals surface area (Å²) in [5.41, 5.74) is 2.38. The molecule has 2 rings (SSSR count). The molecular formula is C19H30N2O3S. The Labute approximate surface area is 152 Å². The van der Waals surface area contributed by atoms with Crippen molar-refractivity contribution >= 4 is 15.9 Å². The largest absolute Gasteiger partial charge is 0.341 e. The van der Waals surface area contributed by atoms with E-state index in [4.69, 9.17) is 0 Å². The fourth-order valence-corrected chi connectivity index (χ4v) is 4.92. The van der Waals surface area contributed by atoms with Crippen LogP contribution in [0.15, 0.2) is 24.3 Å². The van der Waals surface area contributed by atoms with E-state index in [1.165, 1.54) is 9.87 Å². The third-order valence-electron chi connectivity index (χ3n) is 4.82. The van der Waals surface area contributed by atoms with Gasteiger partial charge in [0.25, 0.3) is 0 Å². The van der Waals surface area contributed by atoms with Crippen LogP contribution < -0.4 is 0 Å². The minimum atomic E-state index is -3.23. The number of hydrogen-bond acceptors (Lipinski definition) is 3. The molecule has 1 fully saturated rings. The van der Waals surface area contributed by atoms with Crippen LogP contribution in [-0.2, 0) is 27.8 Å². The third kappa shape index (κ3) is 5.28. The minimum Gasteiger partial charge on any atom is -0.341 e. The van der Waals surface area contributed by atoms with E-state index in [1.54, 1.807) is 11.9 Å². The van der Waals surface area contributed by atoms with Crippen LogP contribution in [0.4, 0.5) is 0 Å². The fraction of sp³-hybridized carbons (Fsp3) is 0.632. The molecule has 1 amide bonds. The average Bonchev–Trinajstić information content (AvgIpc) is 2.61. The number of hydrogen-bond donors (Lipinski definition) is 0. The third-order valence-corrected chi connectivity index (χ3v) is 6.86. The van der Waals surface area contributed by atoms with E-state index in [0.717, 1.165) is 24.8 Å². The molecular weight excluding hydrogens is 336 g/mol. The highest BCUT2D eigenvalue weighted by Crippen LogP contribution is 2.22. The fourth-order valence-electron chi connectivity index (χ4n) is 3.33. The lowest BCUT2D eigenvalue weighted by atomic mass is 9.98. The van der Waals surface area contributed by atoms with Crippen LogP contribution in [0.25, 0.3) is 0 Å². The van der Waals surface area contributed by atoms with E-state index in [2.05, 4.69) is 31.2 Å². The molecule has 1 aromatic carbocycles. The Kier molecular flexibility index (Phi) is 7.02. The Morgan fingerprint density at radius 2 is 1.84 bits per heavy atom. The molecule has 0 radical (unpaired) electrons. The summed E-state index contributed by atoms with van der Waals surface area (Å²) in [6, 6.07) is 8.30. The summed E-state index contributed by atoms with van der Waals surface area (Å²) in [7, 11) is -1.43. The zero-order valence-corrected chi connectivity index (χ0v) is 16.4. The normalized spacial score (nSPS) is 18.9. The molecule has 1 unspecified atom stereocenters. The van der Waals surface area contributed by atoms with Crippen LogP contribution in [0.3, 0.4) is 0 Å². The number of carbonyl (C=O) groups excluding carboxylic acids is 1. The van der Waals surface area contributed by atoms with Gasteiger partial charge in [-0.1, -0.05) is 38.1 Å². The monoisotopic (exact) mass is 366 g/mol. The summed E-state index contributed by atoms with van der Waals surface area (Å²) in [5, 5.41) is 0. The Morgan fingerprint density at radius 1 is 1.20 bits per heavy atom. The summed E-state index contributed by atoms with van der Waals surface area (Å²) in [5.74, 6) is -0.0377. The molecule has 1 atom stereocenters. The van der Waals surface area contributed by atoms with Crippen molar-refractivity contribution in [2.24, 2.45) is 5.92 Å². The van der Waals surface area contributed by atoms with Crippen molar-refractivity contribution in [3.8, 4) is 0 Å². The summed E-state index contributed by atoms with van der Waals surface area (Å²) in [4.78, 5) is 14.5. The number of aryl methyl sites for hydroxylation is 1. The summed E-state index contributed by atoms with van der Waals surface area (Å²) < 4.78 is 26.1. The van der Waals surface area contributed by atoms with Gasteiger partial charge in [0.05, 0.1) is 11.7 Å². The zero-order chi connectivity index (χ0) is 18.4. The number of piperidine rings is 1. The number of nitrogens with zero attached hydrogens (tertiary/aromatic N) is 2. The van der Waals surface area contributed by atoms with Gasteiger partial charge >= 0.3 is 0 Å². The van der Waals surface area contributed by atoms with Crippen molar-refractivity contribution in [2.45, 2.75) is 46.1 Å². The highest BCUT2D eigenvalue weighted by molar-refractivity contribution is 7.89. The van der Waals surface area contributed by atoms with Crippen LogP contribution >= 0.6 is 0 Å². The highest BCUT2D eigenvalue weighted by Gasteiger charge is 2.33. The lowest BCUT2D eigenvalue weighted by molar-refractivity contribution is -0.135. The van der Waals surface area contributed by atoms with E-state index in [9.17, 15) is 13.2 Å². The molecule has 0 N–H and O–H groups in total. The number of benzene rings is 1. The van der Waals surface area contributed by atoms with Crippen molar-refractivity contribution in [2.75, 3.05) is 25.9 Å². The topological polar surface area (TPSA) is 57.7 Å². The van der Waals surface area contributed by atoms with Gasteiger partial charge in [-0.15, -0.1) is 0 Å². The van der Waals surface area contributed by atoms with Gasteiger partial charge in [0, 0.05) is 26.7 Å². The molecule has 25 heavy (non-hydrogen) atoms. The Bertz CT molecular complexity index is 670. The number of sulfonamides is 1. The van der Waals surface area contributed by atoms with Crippen molar-refractivity contribution in [1.29, 1.82) is 0 Å². The van der Waals surface area contributed by atoms with Gasteiger partial charge in [0.2, 0.25) is 15.9 Å². The SMILES string of the molecule is CCCS(=O)(=O)N1CCCC(C(=O)N(C)Cc2ccc(CC)cc2)C1. The first kappa shape index (κ1) is 19.9. The second kappa shape index (κ2) is 8.81. The van der Waals surface area contributed by atoms with E-state index in [-0.39, 0.29) is 17.6 Å². The van der Waals surface area contributed by atoms with Crippen molar-refractivity contribution in [3.05, 3.63) is 35.4 Å². The first-order valence-corrected chi connectivity index (χ1v) is 10.8. The second-order valence-electron chi connectivity index (χ2n) is 6.88. The molecule has 140 valence electrons. The van der Waals surface area contributed by atoms with Gasteiger partial charge in [-0.25, -0.2) is 12.7 Å². The maximum Gasteiger partial charge on any atom is 0.227 e. The molecule has 0 bridgehead atoms. The van der Waals surface area contributed by atoms with E-state index in [0.29, 0.717) is 26.1 Å². The van der Waals surface area contributed by atoms with Crippen LogP contribution in [0.2, 0.25) is 0 Å². The quantitative estimate of drug-likeness (QED) is 0.745. The van der Waals surface area contributed by atoms with Gasteiger partial charge < -0.3 is 4.90 Å². The van der Waals surface area contributed by atoms with Gasteiger partial charge in [0.1, 0.15) is 0 Å². The van der Waals surface area contributed by atoms with Gasteiger partial charge in [-0.3, -0.25) is 4.79 Å². The van der Waals surface area contributed by atoms with Gasteiger partial charge in [0.15, 0.2) is 0 Å². The van der Waals surface area contributed by atoms with Crippen LogP contribution in [0.1, 0.15) is 44.2 Å². The maximum absolute atomic E-state index is 12.8. The molecule has 0 aliphatic carbocycles. The van der Waals surface area contributed by atoms with Crippen molar-refractivity contribution < 1.29 is 13.2 Å². The minimum absolute atomic E-state index is 0.0379. The van der Waals surface area contributed by atoms with Crippen LogP contribution in [0.5, 0.6) is 0 Å². The standard InChI is InChI=1S/C19H30N2O3S/c1-4-13-25(23,24)21-12-6-7-18(15-21)19(22)20(3)14-17-10-8-16(5-2)9-11-17/h8-11,18H,4-7,12-15H2,1-3H3. The molecule has 5 nitrogen and oxygen atoms in total. The molecule has 6 heteroatoms. The molecule has 0 aromatic heterocycles. The molecule has 0 spiro atoms. The van der Waals surface area contributed by atoms with Crippen LogP contribution in [0, 0.1) is 5.92 Å². The van der Waals surface area contributed by atoms with E-state index < -0.39 is 10.0 Å². The predicted octanol–water partition coefficient (Wildman–Crippen LogP) is 2.66. The molecule has 1 aliphatic rings. The summed E-state index contributed by atoms with van der Waals surface area (Å²) >= 11 is 0. The lowest BCUT2D eigenvalue weighted by Gasteiger charge is -2.33. The lowest BCUT2D eigenvalue weighted by Crippen LogP contribution is -2.46. The first-order chi connectivity index (χ1) is 11.9. The smallest absolute Gasteiger partial charge is 0.227 e. The molecule has 1 aromatic rings. The number of rotatable bonds is 7. The van der Waals surface area contributed by atoms with E-state index >= 15 is 0 Å². The van der Waals surface area contributed by atoms with Gasteiger partial charge in [-0.2, -0.15) is 0 Å². The Morgan fingerprint density at radius 3 is 2.44 bits per heavy atom. The van der Waals surface area contributed by atoms with Crippen molar-refractivity contribution in [1.82, 2.24) is 9.21 Å². The predicted molar refractivity (Wildman–Crippen MR) is 101 cm³/mol. The van der Waals surface area contributed by atoms with E-state index in [1.807, 2.05) is 6.92 Å². The van der Waals surface area contributed by atoms with Crippen LogP contribution in [-0.4, -0.2) is 49.4 Å². The zero-order valence-electron chi connectivity index (χ0n) is 15.6. The first-order valence-electron chi connectivity index (χ1n) is 9.18. The summed E-state index contributed by atoms with van der Waals surface area (Å²) in [6.07, 6.45) is 3.11. The number of amides is 1. The summed E-state index contributed by atoms with van der Waals surface area (Å²) in [6.45, 7) is 5.39. The van der Waals surface area contributed by atoms with Crippen molar-refractivity contribution in [3.63, 3.8) is 0 Å². The number of carbonyl (C=O) groups is 1. The maximum atomic E-state index is 12.8. The Balaban J connectivity index is 1.98. The highest BCUT2D eigenvalue weighted by atomic mass is 32.2. The molecule has 1 saturated heterocycles. The average molecular weight is 367 g/mol. The molecule has 1 heterocycles. The molecule has 1 aliphatic heterocycles. The van der Waals surface area contributed by atoms with Gasteiger partial charge in [-0.05, 0) is 36.8 Å². The Hall–Kier alpha value is -1.40. The second-order valence-corrected chi connectivity index (χ2v) is 8.97. The molecule has 0 saturated carbocycles.